The second-order valence-corrected chi connectivity index (χ2v) is 3.15. The van der Waals surface area contributed by atoms with Gasteiger partial charge in [0.1, 0.15) is 24.4 Å². The second-order valence-electron chi connectivity index (χ2n) is 3.15. The number of rotatable bonds is 3. The largest absolute Gasteiger partial charge is 0.394 e. The maximum atomic E-state index is 9.51. The SMILES string of the molecule is CCO[C@@H]1[C@@H](O)[C@H](O)[C@@H](CO)O[C@H]1O. The van der Waals surface area contributed by atoms with E-state index in [0.29, 0.717) is 6.61 Å². The van der Waals surface area contributed by atoms with E-state index in [1.807, 2.05) is 0 Å². The Morgan fingerprint density at radius 3 is 2.36 bits per heavy atom. The fourth-order valence-electron chi connectivity index (χ4n) is 1.44. The molecule has 0 aromatic carbocycles. The average molecular weight is 208 g/mol. The quantitative estimate of drug-likeness (QED) is 0.421. The first-order valence-corrected chi connectivity index (χ1v) is 4.54. The Morgan fingerprint density at radius 2 is 1.86 bits per heavy atom. The third-order valence-electron chi connectivity index (χ3n) is 2.20. The van der Waals surface area contributed by atoms with Gasteiger partial charge in [-0.15, -0.1) is 0 Å². The minimum absolute atomic E-state index is 0.290. The highest BCUT2D eigenvalue weighted by Gasteiger charge is 2.43. The first-order valence-electron chi connectivity index (χ1n) is 4.54. The summed E-state index contributed by atoms with van der Waals surface area (Å²) in [5.41, 5.74) is 0. The smallest absolute Gasteiger partial charge is 0.184 e. The molecular weight excluding hydrogens is 192 g/mol. The van der Waals surface area contributed by atoms with Gasteiger partial charge >= 0.3 is 0 Å². The Bertz CT molecular complexity index is 175. The maximum absolute atomic E-state index is 9.51. The van der Waals surface area contributed by atoms with Crippen molar-refractivity contribution in [1.29, 1.82) is 0 Å². The van der Waals surface area contributed by atoms with Crippen molar-refractivity contribution in [3.63, 3.8) is 0 Å². The van der Waals surface area contributed by atoms with Gasteiger partial charge in [-0.1, -0.05) is 0 Å². The molecular formula is C8H16O6. The van der Waals surface area contributed by atoms with Crippen LogP contribution >= 0.6 is 0 Å². The predicted octanol–water partition coefficient (Wildman–Crippen LogP) is -2.18. The maximum Gasteiger partial charge on any atom is 0.184 e. The Balaban J connectivity index is 2.63. The van der Waals surface area contributed by atoms with Gasteiger partial charge in [0.05, 0.1) is 6.61 Å². The van der Waals surface area contributed by atoms with E-state index in [2.05, 4.69) is 0 Å². The van der Waals surface area contributed by atoms with Gasteiger partial charge in [0.2, 0.25) is 0 Å². The van der Waals surface area contributed by atoms with E-state index in [1.165, 1.54) is 0 Å². The van der Waals surface area contributed by atoms with E-state index in [1.54, 1.807) is 6.92 Å². The molecule has 0 aliphatic carbocycles. The lowest BCUT2D eigenvalue weighted by Gasteiger charge is -2.39. The predicted molar refractivity (Wildman–Crippen MR) is 45.4 cm³/mol. The van der Waals surface area contributed by atoms with Crippen LogP contribution in [0.3, 0.4) is 0 Å². The summed E-state index contributed by atoms with van der Waals surface area (Å²) in [7, 11) is 0. The Morgan fingerprint density at radius 1 is 1.21 bits per heavy atom. The lowest BCUT2D eigenvalue weighted by Crippen LogP contribution is -2.59. The first kappa shape index (κ1) is 11.8. The topological polar surface area (TPSA) is 99.4 Å². The van der Waals surface area contributed by atoms with Crippen LogP contribution in [0.5, 0.6) is 0 Å². The van der Waals surface area contributed by atoms with Crippen LogP contribution < -0.4 is 0 Å². The summed E-state index contributed by atoms with van der Waals surface area (Å²) in [6, 6.07) is 0. The van der Waals surface area contributed by atoms with Gasteiger partial charge in [0.15, 0.2) is 6.29 Å². The molecule has 0 aromatic rings. The minimum atomic E-state index is -1.33. The molecule has 0 saturated carbocycles. The zero-order valence-electron chi connectivity index (χ0n) is 7.91. The molecule has 6 heteroatoms. The molecule has 0 unspecified atom stereocenters. The van der Waals surface area contributed by atoms with Crippen molar-refractivity contribution in [2.45, 2.75) is 37.6 Å². The van der Waals surface area contributed by atoms with Crippen molar-refractivity contribution in [3.05, 3.63) is 0 Å². The molecule has 0 radical (unpaired) electrons. The molecule has 6 nitrogen and oxygen atoms in total. The van der Waals surface area contributed by atoms with Crippen molar-refractivity contribution in [3.8, 4) is 0 Å². The van der Waals surface area contributed by atoms with Gasteiger partial charge in [-0.25, -0.2) is 0 Å². The van der Waals surface area contributed by atoms with Crippen molar-refractivity contribution in [1.82, 2.24) is 0 Å². The summed E-state index contributed by atoms with van der Waals surface area (Å²) in [6.45, 7) is 1.52. The van der Waals surface area contributed by atoms with E-state index in [9.17, 15) is 15.3 Å². The molecule has 0 amide bonds. The summed E-state index contributed by atoms with van der Waals surface area (Å²) in [5, 5.41) is 37.1. The number of aliphatic hydroxyl groups excluding tert-OH is 4. The molecule has 0 spiro atoms. The van der Waals surface area contributed by atoms with Crippen LogP contribution in [0.1, 0.15) is 6.92 Å². The normalized spacial score (nSPS) is 43.9. The molecule has 1 fully saturated rings. The summed E-state index contributed by atoms with van der Waals surface area (Å²) in [4.78, 5) is 0. The van der Waals surface area contributed by atoms with Gasteiger partial charge in [0.25, 0.3) is 0 Å². The molecule has 84 valence electrons. The van der Waals surface area contributed by atoms with E-state index in [4.69, 9.17) is 14.6 Å². The molecule has 1 aliphatic rings. The number of hydrogen-bond donors (Lipinski definition) is 4. The van der Waals surface area contributed by atoms with Crippen molar-refractivity contribution < 1.29 is 29.9 Å². The zero-order chi connectivity index (χ0) is 10.7. The van der Waals surface area contributed by atoms with Crippen LogP contribution in [-0.4, -0.2) is 64.3 Å². The molecule has 14 heavy (non-hydrogen) atoms. The van der Waals surface area contributed by atoms with Crippen LogP contribution in [0.2, 0.25) is 0 Å². The van der Waals surface area contributed by atoms with Crippen molar-refractivity contribution >= 4 is 0 Å². The van der Waals surface area contributed by atoms with Crippen molar-refractivity contribution in [2.24, 2.45) is 0 Å². The Labute approximate surface area is 81.7 Å². The third-order valence-corrected chi connectivity index (χ3v) is 2.20. The van der Waals surface area contributed by atoms with Crippen LogP contribution in [0.15, 0.2) is 0 Å². The van der Waals surface area contributed by atoms with Gasteiger partial charge in [-0.3, -0.25) is 0 Å². The third kappa shape index (κ3) is 2.22. The van der Waals surface area contributed by atoms with E-state index >= 15 is 0 Å². The molecule has 1 rings (SSSR count). The van der Waals surface area contributed by atoms with Gasteiger partial charge in [0, 0.05) is 6.61 Å². The fourth-order valence-corrected chi connectivity index (χ4v) is 1.44. The molecule has 1 aliphatic heterocycles. The van der Waals surface area contributed by atoms with Gasteiger partial charge in [-0.2, -0.15) is 0 Å². The van der Waals surface area contributed by atoms with Crippen LogP contribution in [0, 0.1) is 0 Å². The highest BCUT2D eigenvalue weighted by atomic mass is 16.7. The van der Waals surface area contributed by atoms with E-state index < -0.39 is 37.3 Å². The van der Waals surface area contributed by atoms with Crippen molar-refractivity contribution in [2.75, 3.05) is 13.2 Å². The molecule has 0 bridgehead atoms. The zero-order valence-corrected chi connectivity index (χ0v) is 7.91. The van der Waals surface area contributed by atoms with Crippen LogP contribution in [0.4, 0.5) is 0 Å². The summed E-state index contributed by atoms with van der Waals surface area (Å²) in [6.07, 6.45) is -5.78. The minimum Gasteiger partial charge on any atom is -0.394 e. The number of ether oxygens (including phenoxy) is 2. The summed E-state index contributed by atoms with van der Waals surface area (Å²) < 4.78 is 9.86. The summed E-state index contributed by atoms with van der Waals surface area (Å²) >= 11 is 0. The van der Waals surface area contributed by atoms with Gasteiger partial charge < -0.3 is 29.9 Å². The average Bonchev–Trinajstić information content (AvgIpc) is 2.18. The molecule has 1 heterocycles. The standard InChI is InChI=1S/C8H16O6/c1-2-13-7-6(11)5(10)4(3-9)14-8(7)12/h4-12H,2-3H2,1H3/t4-,5-,6+,7-,8-/m1/s1. The second kappa shape index (κ2) is 5.01. The Kier molecular flexibility index (Phi) is 4.24. The highest BCUT2D eigenvalue weighted by Crippen LogP contribution is 2.21. The van der Waals surface area contributed by atoms with Gasteiger partial charge in [-0.05, 0) is 6.92 Å². The van der Waals surface area contributed by atoms with Crippen LogP contribution in [0.25, 0.3) is 0 Å². The Hall–Kier alpha value is -0.240. The summed E-state index contributed by atoms with van der Waals surface area (Å²) in [5.74, 6) is 0. The molecule has 5 atom stereocenters. The van der Waals surface area contributed by atoms with Crippen LogP contribution in [-0.2, 0) is 9.47 Å². The monoisotopic (exact) mass is 208 g/mol. The highest BCUT2D eigenvalue weighted by molar-refractivity contribution is 4.89. The number of hydrogen-bond acceptors (Lipinski definition) is 6. The fraction of sp³-hybridized carbons (Fsp3) is 1.00. The van der Waals surface area contributed by atoms with E-state index in [0.717, 1.165) is 0 Å². The molecule has 1 saturated heterocycles. The molecule has 4 N–H and O–H groups in total. The first-order chi connectivity index (χ1) is 6.61. The molecule has 0 aromatic heterocycles. The number of aliphatic hydroxyl groups is 4. The lowest BCUT2D eigenvalue weighted by atomic mass is 9.99. The van der Waals surface area contributed by atoms with E-state index in [-0.39, 0.29) is 0 Å². The lowest BCUT2D eigenvalue weighted by molar-refractivity contribution is -0.295.